The molecule has 4 amide bonds. The first-order valence-electron chi connectivity index (χ1n) is 49.0. The first-order valence-corrected chi connectivity index (χ1v) is 49.8. The van der Waals surface area contributed by atoms with Gasteiger partial charge in [0.05, 0.1) is 78.6 Å². The van der Waals surface area contributed by atoms with Crippen molar-refractivity contribution in [3.05, 3.63) is 299 Å². The number of hydrogen-bond donors (Lipinski definition) is 2. The van der Waals surface area contributed by atoms with Crippen molar-refractivity contribution in [3.63, 3.8) is 0 Å². The summed E-state index contributed by atoms with van der Waals surface area (Å²) < 4.78 is 73.1. The average Bonchev–Trinajstić information content (AvgIpc) is 0.738. The zero-order valence-corrected chi connectivity index (χ0v) is 87.0. The fraction of sp³-hybridized carbons (Fsp3) is 0.327. The van der Waals surface area contributed by atoms with E-state index in [1.165, 1.54) is 74.4 Å². The van der Waals surface area contributed by atoms with Crippen LogP contribution in [0.15, 0.2) is 204 Å². The lowest BCUT2D eigenvalue weighted by molar-refractivity contribution is -0.127. The number of fused-ring (bicyclic) bond motifs is 4. The normalized spacial score (nSPS) is 16.3. The lowest BCUT2D eigenvalue weighted by Gasteiger charge is -2.45. The molecule has 33 nitrogen and oxygen atoms in total. The molecule has 4 aromatic carbocycles. The largest absolute Gasteiger partial charge is 0.507 e. The number of ether oxygens (including phenoxy) is 1. The molecule has 0 aliphatic carbocycles. The molecule has 39 heteroatoms. The number of carbonyl (C=O) groups excluding carboxylic acids is 4. The number of pyridine rings is 6. The van der Waals surface area contributed by atoms with Crippen LogP contribution in [0.3, 0.4) is 0 Å². The lowest BCUT2D eigenvalue weighted by atomic mass is 10.0. The van der Waals surface area contributed by atoms with E-state index in [4.69, 9.17) is 32.9 Å². The number of phenolic OH excluding ortho intramolecular Hbond substituents is 2. The topological polar surface area (TPSA) is 361 Å². The highest BCUT2D eigenvalue weighted by atomic mass is 35.5. The molecule has 14 heterocycles. The SMILES string of the molecule is C=CC(=O)N1CCN(c2nc(=O)n(-c3c(C)ccnc3C(C)C)c3nc(-c4cccc(O)c4F)c(F)cc23)[C@@H](C)C1.C=CC(=O)N1CCN(c2nc(=O)n(-c3ccccc3C)c3nc(C)c(Cl)cc23)[C@@H](C)C1.C=CC(=O)N1CCN(c2nc(=O)n(-c3ccccc3C)c3nc(OCCCC)c(Cl)cc23)[C@@H](C)C1.C=CC(=O)N1C[C@H](C)N(c2nc(=O)n(-c3c(C)ccnc3C(C)C)c3nc(-c4c(O)cccc4F)c(F)cc23)[C@@H](C)C1. The maximum absolute atomic E-state index is 15.9. The van der Waals surface area contributed by atoms with E-state index < -0.39 is 68.8 Å². The number of aryl methyl sites for hydroxylation is 5. The second-order valence-electron chi connectivity index (χ2n) is 37.9. The van der Waals surface area contributed by atoms with Crippen molar-refractivity contribution in [1.82, 2.24) is 87.7 Å². The van der Waals surface area contributed by atoms with Crippen molar-refractivity contribution in [3.8, 4) is 62.6 Å². The molecule has 0 radical (unpaired) electrons. The van der Waals surface area contributed by atoms with Crippen LogP contribution in [-0.4, -0.2) is 230 Å². The van der Waals surface area contributed by atoms with Crippen LogP contribution >= 0.6 is 23.2 Å². The molecule has 5 atom stereocenters. The molecule has 4 aliphatic rings. The van der Waals surface area contributed by atoms with Gasteiger partial charge in [-0.3, -0.25) is 29.1 Å². The second kappa shape index (κ2) is 45.2. The Labute approximate surface area is 867 Å². The van der Waals surface area contributed by atoms with Gasteiger partial charge in [-0.2, -0.15) is 24.9 Å². The molecular formula is C110H116Cl2F4N22O11. The monoisotopic (exact) mass is 2070 g/mol. The summed E-state index contributed by atoms with van der Waals surface area (Å²) in [5.74, 6) is -3.84. The standard InChI is InChI=1S/C31H32F2N6O3.C30H30F2N6O3.C26H30ClN5O3.C23H24ClN5O2/c1-7-24(41)37-14-18(5)38(19(6)15-37)30-20-13-22(33)27(25-21(32)9-8-10-23(25)40)35-29(20)39(31(42)36-30)28-17(4)11-12-34-26(28)16(2)3;1-6-23(40)36-12-13-37(18(5)15-36)28-20-14-21(31)26(19-8-7-9-22(39)24(19)32)34-29(20)38(30(41)35-28)27-17(4)10-11-33-25(27)16(2)3;1-5-7-14-35-25-20(27)15-19-23(31-13-12-30(16-18(31)4)22(33)6-2)29-26(34)32(24(19)28-25)21-11-9-8-10-17(21)3;1-5-20(30)27-10-11-28(15(3)13-27)21-17-12-18(24)16(4)25-22(17)29(23(31)26-21)19-9-7-6-8-14(19)2/h7-13,16,18-19,40H,1,14-15H2,2-6H3;6-11,14,16,18,39H,1,12-13,15H2,2-5H3;6,8-11,15,18H,2,5,7,12-14,16H2,1,3-4H3;5-9,12,15H,1,10-11,13H2,2-4H3/t18-,19-;2*18-;15-/m0000/s1. The van der Waals surface area contributed by atoms with Crippen LogP contribution in [0.2, 0.25) is 10.0 Å². The Hall–Kier alpha value is -15.9. The number of amides is 4. The summed E-state index contributed by atoms with van der Waals surface area (Å²) >= 11 is 13.0. The lowest BCUT2D eigenvalue weighted by Crippen LogP contribution is -2.58. The van der Waals surface area contributed by atoms with Crippen molar-refractivity contribution in [2.45, 2.75) is 159 Å². The molecular weight excluding hydrogens is 1950 g/mol. The number of benzene rings is 4. The number of unbranched alkanes of at least 4 members (excludes halogenated alkanes) is 1. The van der Waals surface area contributed by atoms with Gasteiger partial charge >= 0.3 is 22.8 Å². The van der Waals surface area contributed by atoms with Gasteiger partial charge in [0.15, 0.2) is 40.0 Å². The van der Waals surface area contributed by atoms with Crippen LogP contribution in [0.4, 0.5) is 40.8 Å². The molecule has 0 unspecified atom stereocenters. The van der Waals surface area contributed by atoms with E-state index in [1.54, 1.807) is 54.8 Å². The number of phenols is 2. The quantitative estimate of drug-likeness (QED) is 0.0406. The molecule has 4 aliphatic heterocycles. The van der Waals surface area contributed by atoms with E-state index in [0.717, 1.165) is 47.4 Å². The Bertz CT molecular complexity index is 7910. The first kappa shape index (κ1) is 107. The minimum Gasteiger partial charge on any atom is -0.507 e. The van der Waals surface area contributed by atoms with E-state index in [1.807, 2.05) is 171 Å². The van der Waals surface area contributed by atoms with Gasteiger partial charge in [-0.05, 0) is 207 Å². The molecule has 0 bridgehead atoms. The molecule has 10 aromatic heterocycles. The third kappa shape index (κ3) is 21.5. The van der Waals surface area contributed by atoms with Crippen molar-refractivity contribution in [2.75, 3.05) is 98.2 Å². The summed E-state index contributed by atoms with van der Waals surface area (Å²) in [6.07, 6.45) is 10.3. The molecule has 2 N–H and O–H groups in total. The number of aromatic hydroxyl groups is 2. The third-order valence-electron chi connectivity index (χ3n) is 26.9. The predicted octanol–water partition coefficient (Wildman–Crippen LogP) is 16.8. The number of para-hydroxylation sites is 2. The minimum absolute atomic E-state index is 0.0334. The molecule has 4 saturated heterocycles. The van der Waals surface area contributed by atoms with Gasteiger partial charge in [-0.1, -0.05) is 139 Å². The van der Waals surface area contributed by atoms with Gasteiger partial charge in [0.2, 0.25) is 29.5 Å². The number of hydrogen-bond acceptors (Lipinski definition) is 25. The van der Waals surface area contributed by atoms with Gasteiger partial charge in [-0.25, -0.2) is 70.0 Å². The highest BCUT2D eigenvalue weighted by Crippen LogP contribution is 2.43. The third-order valence-corrected chi connectivity index (χ3v) is 27.6. The number of carbonyl (C=O) groups is 4. The summed E-state index contributed by atoms with van der Waals surface area (Å²) in [7, 11) is 0. The van der Waals surface area contributed by atoms with Gasteiger partial charge in [0, 0.05) is 120 Å². The summed E-state index contributed by atoms with van der Waals surface area (Å²) in [5.41, 5.74) is 4.90. The van der Waals surface area contributed by atoms with Crippen LogP contribution in [0.25, 0.3) is 89.4 Å². The Kier molecular flexibility index (Phi) is 32.6. The van der Waals surface area contributed by atoms with E-state index in [2.05, 4.69) is 78.1 Å². The van der Waals surface area contributed by atoms with Crippen molar-refractivity contribution >= 4 is 114 Å². The van der Waals surface area contributed by atoms with E-state index in [0.29, 0.717) is 168 Å². The number of nitrogens with zero attached hydrogens (tertiary/aromatic N) is 22. The Morgan fingerprint density at radius 3 is 1.25 bits per heavy atom. The van der Waals surface area contributed by atoms with Crippen molar-refractivity contribution < 1.29 is 51.7 Å². The summed E-state index contributed by atoms with van der Waals surface area (Å²) in [6.45, 7) is 48.4. The van der Waals surface area contributed by atoms with Crippen LogP contribution < -0.4 is 47.1 Å². The number of piperazine rings is 4. The van der Waals surface area contributed by atoms with Gasteiger partial charge < -0.3 is 54.1 Å². The molecule has 4 fully saturated rings. The van der Waals surface area contributed by atoms with Crippen molar-refractivity contribution in [2.24, 2.45) is 0 Å². The highest BCUT2D eigenvalue weighted by molar-refractivity contribution is 6.33. The van der Waals surface area contributed by atoms with E-state index in [-0.39, 0.29) is 111 Å². The number of aromatic nitrogens is 14. The van der Waals surface area contributed by atoms with E-state index in [9.17, 15) is 57.4 Å². The molecule has 774 valence electrons. The fourth-order valence-corrected chi connectivity index (χ4v) is 19.8. The second-order valence-corrected chi connectivity index (χ2v) is 38.7. The molecule has 14 aromatic rings. The maximum atomic E-state index is 15.9. The maximum Gasteiger partial charge on any atom is 0.355 e. The minimum atomic E-state index is -1.03. The number of anilines is 4. The van der Waals surface area contributed by atoms with Gasteiger partial charge in [0.1, 0.15) is 57.1 Å². The zero-order valence-electron chi connectivity index (χ0n) is 85.5. The average molecular weight is 2070 g/mol. The number of halogens is 6. The summed E-state index contributed by atoms with van der Waals surface area (Å²) in [6, 6.07) is 31.2. The zero-order chi connectivity index (χ0) is 107. The van der Waals surface area contributed by atoms with Crippen LogP contribution in [0.5, 0.6) is 17.4 Å². The first-order chi connectivity index (χ1) is 71.1. The smallest absolute Gasteiger partial charge is 0.355 e. The number of rotatable bonds is 20. The van der Waals surface area contributed by atoms with Crippen molar-refractivity contribution in [1.29, 1.82) is 0 Å². The van der Waals surface area contributed by atoms with Crippen LogP contribution in [-0.2, 0) is 19.2 Å². The molecule has 18 rings (SSSR count). The highest BCUT2D eigenvalue weighted by Gasteiger charge is 2.39. The molecule has 0 spiro atoms. The Morgan fingerprint density at radius 2 is 0.812 bits per heavy atom. The predicted molar refractivity (Wildman–Crippen MR) is 571 cm³/mol. The molecule has 149 heavy (non-hydrogen) atoms. The molecule has 0 saturated carbocycles. The van der Waals surface area contributed by atoms with E-state index >= 15 is 8.78 Å². The van der Waals surface area contributed by atoms with Crippen LogP contribution in [0.1, 0.15) is 133 Å². The fourth-order valence-electron chi connectivity index (χ4n) is 19.5. The summed E-state index contributed by atoms with van der Waals surface area (Å²) in [5, 5.41) is 23.1. The van der Waals surface area contributed by atoms with Gasteiger partial charge in [-0.15, -0.1) is 0 Å². The Balaban J connectivity index is 0.000000150. The van der Waals surface area contributed by atoms with Gasteiger partial charge in [0.25, 0.3) is 0 Å². The Morgan fingerprint density at radius 1 is 0.430 bits per heavy atom. The summed E-state index contributed by atoms with van der Waals surface area (Å²) in [4.78, 5) is 163. The van der Waals surface area contributed by atoms with Crippen LogP contribution in [0, 0.1) is 57.9 Å².